The molecule has 2 N–H and O–H groups in total. The highest BCUT2D eigenvalue weighted by atomic mass is 19.1. The van der Waals surface area contributed by atoms with E-state index in [0.717, 1.165) is 33.1 Å². The maximum atomic E-state index is 14.1. The summed E-state index contributed by atoms with van der Waals surface area (Å²) in [5, 5.41) is 4.73. The van der Waals surface area contributed by atoms with Gasteiger partial charge in [0.2, 0.25) is 0 Å². The molecule has 0 fully saturated rings. The van der Waals surface area contributed by atoms with E-state index in [0.29, 0.717) is 24.0 Å². The molecule has 0 aliphatic heterocycles. The van der Waals surface area contributed by atoms with Gasteiger partial charge >= 0.3 is 0 Å². The lowest BCUT2D eigenvalue weighted by molar-refractivity contribution is 0.0956. The summed E-state index contributed by atoms with van der Waals surface area (Å²) < 4.78 is 14.1. The standard InChI is InChI=1S/C22H20FN3O/c1-13-8-9-18(23)21-20(13)15(14(2)26-21)10-12-25-22(27)17-5-3-7-19-16(17)6-4-11-24-19/h3-9,11,26H,10,12H2,1-2H3,(H,25,27). The van der Waals surface area contributed by atoms with Gasteiger partial charge in [0.15, 0.2) is 0 Å². The lowest BCUT2D eigenvalue weighted by atomic mass is 10.0. The lowest BCUT2D eigenvalue weighted by Crippen LogP contribution is -2.26. The summed E-state index contributed by atoms with van der Waals surface area (Å²) >= 11 is 0. The molecule has 1 amide bonds. The van der Waals surface area contributed by atoms with Gasteiger partial charge in [-0.3, -0.25) is 9.78 Å². The van der Waals surface area contributed by atoms with Crippen molar-refractivity contribution >= 4 is 27.7 Å². The van der Waals surface area contributed by atoms with Crippen LogP contribution in [-0.4, -0.2) is 22.4 Å². The number of amides is 1. The van der Waals surface area contributed by atoms with E-state index in [1.165, 1.54) is 6.07 Å². The molecule has 0 aliphatic rings. The number of halogens is 1. The number of aryl methyl sites for hydroxylation is 2. The van der Waals surface area contributed by atoms with Gasteiger partial charge in [0.1, 0.15) is 5.82 Å². The van der Waals surface area contributed by atoms with Gasteiger partial charge in [0.25, 0.3) is 5.91 Å². The molecule has 0 unspecified atom stereocenters. The summed E-state index contributed by atoms with van der Waals surface area (Å²) in [6.07, 6.45) is 2.34. The van der Waals surface area contributed by atoms with Crippen molar-refractivity contribution in [2.24, 2.45) is 0 Å². The second kappa shape index (κ2) is 6.83. The molecule has 0 spiro atoms. The van der Waals surface area contributed by atoms with E-state index in [1.54, 1.807) is 18.3 Å². The first-order chi connectivity index (χ1) is 13.1. The van der Waals surface area contributed by atoms with Crippen molar-refractivity contribution in [1.82, 2.24) is 15.3 Å². The van der Waals surface area contributed by atoms with Gasteiger partial charge in [-0.05, 0) is 55.7 Å². The van der Waals surface area contributed by atoms with Crippen molar-refractivity contribution in [3.8, 4) is 0 Å². The maximum absolute atomic E-state index is 14.1. The third kappa shape index (κ3) is 3.05. The Bertz CT molecular complexity index is 1160. The lowest BCUT2D eigenvalue weighted by Gasteiger charge is -2.09. The second-order valence-corrected chi connectivity index (χ2v) is 6.72. The number of hydrogen-bond acceptors (Lipinski definition) is 2. The number of nitrogens with zero attached hydrogens (tertiary/aromatic N) is 1. The number of aromatic amines is 1. The van der Waals surface area contributed by atoms with Gasteiger partial charge in [-0.2, -0.15) is 0 Å². The van der Waals surface area contributed by atoms with Crippen LogP contribution in [-0.2, 0) is 6.42 Å². The van der Waals surface area contributed by atoms with Crippen molar-refractivity contribution in [2.45, 2.75) is 20.3 Å². The molecule has 2 aromatic carbocycles. The minimum absolute atomic E-state index is 0.131. The molecule has 136 valence electrons. The van der Waals surface area contributed by atoms with Crippen LogP contribution in [0.4, 0.5) is 4.39 Å². The van der Waals surface area contributed by atoms with Crippen LogP contribution >= 0.6 is 0 Å². The molecule has 4 nitrogen and oxygen atoms in total. The van der Waals surface area contributed by atoms with Crippen LogP contribution in [0.3, 0.4) is 0 Å². The zero-order valence-electron chi connectivity index (χ0n) is 15.3. The molecule has 0 saturated carbocycles. The summed E-state index contributed by atoms with van der Waals surface area (Å²) in [7, 11) is 0. The number of hydrogen-bond donors (Lipinski definition) is 2. The van der Waals surface area contributed by atoms with Crippen molar-refractivity contribution in [3.05, 3.63) is 76.9 Å². The summed E-state index contributed by atoms with van der Waals surface area (Å²) in [6.45, 7) is 4.38. The molecule has 2 aromatic heterocycles. The summed E-state index contributed by atoms with van der Waals surface area (Å²) in [5.41, 5.74) is 4.94. The molecule has 0 radical (unpaired) electrons. The molecule has 0 aliphatic carbocycles. The monoisotopic (exact) mass is 361 g/mol. The summed E-state index contributed by atoms with van der Waals surface area (Å²) in [4.78, 5) is 20.1. The second-order valence-electron chi connectivity index (χ2n) is 6.72. The van der Waals surface area contributed by atoms with E-state index in [-0.39, 0.29) is 11.7 Å². The van der Waals surface area contributed by atoms with E-state index >= 15 is 0 Å². The average molecular weight is 361 g/mol. The van der Waals surface area contributed by atoms with E-state index < -0.39 is 0 Å². The fourth-order valence-corrected chi connectivity index (χ4v) is 3.65. The minimum atomic E-state index is -0.253. The SMILES string of the molecule is Cc1[nH]c2c(F)ccc(C)c2c1CCNC(=O)c1cccc2ncccc12. The van der Waals surface area contributed by atoms with Gasteiger partial charge in [-0.15, -0.1) is 0 Å². The molecule has 4 rings (SSSR count). The molecular formula is C22H20FN3O. The van der Waals surface area contributed by atoms with Gasteiger partial charge < -0.3 is 10.3 Å². The Hall–Kier alpha value is -3.21. The van der Waals surface area contributed by atoms with E-state index in [9.17, 15) is 9.18 Å². The zero-order valence-corrected chi connectivity index (χ0v) is 15.3. The molecule has 5 heteroatoms. The number of carbonyl (C=O) groups is 1. The maximum Gasteiger partial charge on any atom is 0.251 e. The number of carbonyl (C=O) groups excluding carboxylic acids is 1. The highest BCUT2D eigenvalue weighted by molar-refractivity contribution is 6.06. The van der Waals surface area contributed by atoms with Crippen LogP contribution in [0.1, 0.15) is 27.2 Å². The quantitative estimate of drug-likeness (QED) is 0.564. The first kappa shape index (κ1) is 17.2. The number of pyridine rings is 1. The Balaban J connectivity index is 1.55. The van der Waals surface area contributed by atoms with Crippen LogP contribution in [0.15, 0.2) is 48.7 Å². The normalized spacial score (nSPS) is 11.2. The molecule has 27 heavy (non-hydrogen) atoms. The summed E-state index contributed by atoms with van der Waals surface area (Å²) in [5.74, 6) is -0.383. The van der Waals surface area contributed by atoms with Crippen LogP contribution < -0.4 is 5.32 Å². The first-order valence-electron chi connectivity index (χ1n) is 8.94. The van der Waals surface area contributed by atoms with Crippen LogP contribution in [0.25, 0.3) is 21.8 Å². The Morgan fingerprint density at radius 3 is 2.85 bits per heavy atom. The van der Waals surface area contributed by atoms with Gasteiger partial charge in [-0.25, -0.2) is 4.39 Å². The van der Waals surface area contributed by atoms with Crippen molar-refractivity contribution in [3.63, 3.8) is 0 Å². The minimum Gasteiger partial charge on any atom is -0.356 e. The predicted molar refractivity (Wildman–Crippen MR) is 106 cm³/mol. The van der Waals surface area contributed by atoms with Crippen LogP contribution in [0, 0.1) is 19.7 Å². The predicted octanol–water partition coefficient (Wildman–Crippen LogP) is 4.44. The third-order valence-corrected chi connectivity index (χ3v) is 4.98. The highest BCUT2D eigenvalue weighted by Crippen LogP contribution is 2.27. The molecule has 2 heterocycles. The first-order valence-corrected chi connectivity index (χ1v) is 8.94. The fraction of sp³-hybridized carbons (Fsp3) is 0.182. The van der Waals surface area contributed by atoms with Gasteiger partial charge in [0.05, 0.1) is 11.0 Å². The number of aromatic nitrogens is 2. The smallest absolute Gasteiger partial charge is 0.251 e. The fourth-order valence-electron chi connectivity index (χ4n) is 3.65. The Morgan fingerprint density at radius 1 is 1.15 bits per heavy atom. The number of rotatable bonds is 4. The van der Waals surface area contributed by atoms with Crippen molar-refractivity contribution in [2.75, 3.05) is 6.54 Å². The van der Waals surface area contributed by atoms with Crippen LogP contribution in [0.2, 0.25) is 0 Å². The number of H-pyrrole nitrogens is 1. The zero-order chi connectivity index (χ0) is 19.0. The Labute approximate surface area is 156 Å². The van der Waals surface area contributed by atoms with E-state index in [4.69, 9.17) is 0 Å². The Kier molecular flexibility index (Phi) is 4.36. The number of nitrogens with one attached hydrogen (secondary N) is 2. The third-order valence-electron chi connectivity index (χ3n) is 4.98. The molecule has 4 aromatic rings. The van der Waals surface area contributed by atoms with Gasteiger partial charge in [-0.1, -0.05) is 18.2 Å². The number of benzene rings is 2. The van der Waals surface area contributed by atoms with E-state index in [2.05, 4.69) is 15.3 Å². The molecule has 0 bridgehead atoms. The van der Waals surface area contributed by atoms with E-state index in [1.807, 2.05) is 38.1 Å². The average Bonchev–Trinajstić information content (AvgIpc) is 3.02. The largest absolute Gasteiger partial charge is 0.356 e. The van der Waals surface area contributed by atoms with Crippen molar-refractivity contribution in [1.29, 1.82) is 0 Å². The molecular weight excluding hydrogens is 341 g/mol. The topological polar surface area (TPSA) is 57.8 Å². The number of fused-ring (bicyclic) bond motifs is 2. The van der Waals surface area contributed by atoms with Crippen molar-refractivity contribution < 1.29 is 9.18 Å². The summed E-state index contributed by atoms with van der Waals surface area (Å²) in [6, 6.07) is 12.5. The van der Waals surface area contributed by atoms with Crippen LogP contribution in [0.5, 0.6) is 0 Å². The molecule has 0 atom stereocenters. The Morgan fingerprint density at radius 2 is 2.00 bits per heavy atom. The molecule has 0 saturated heterocycles. The highest BCUT2D eigenvalue weighted by Gasteiger charge is 2.15. The van der Waals surface area contributed by atoms with Gasteiger partial charge in [0, 0.05) is 34.8 Å².